The first-order chi connectivity index (χ1) is 9.82. The number of carbonyl (C=O) groups excluding carboxylic acids is 1. The number of benzene rings is 1. The Morgan fingerprint density at radius 1 is 1.43 bits per heavy atom. The molecule has 1 aliphatic heterocycles. The van der Waals surface area contributed by atoms with Crippen molar-refractivity contribution in [1.29, 1.82) is 0 Å². The maximum absolute atomic E-state index is 12.7. The number of hydrogen-bond donors (Lipinski definition) is 2. The summed E-state index contributed by atoms with van der Waals surface area (Å²) in [5.74, 6) is -0.566. The van der Waals surface area contributed by atoms with Gasteiger partial charge in [-0.05, 0) is 34.1 Å². The van der Waals surface area contributed by atoms with Gasteiger partial charge in [-0.15, -0.1) is 0 Å². The molecule has 2 N–H and O–H groups in total. The predicted octanol–water partition coefficient (Wildman–Crippen LogP) is 2.18. The topological polar surface area (TPSA) is 50.4 Å². The summed E-state index contributed by atoms with van der Waals surface area (Å²) in [5, 5.41) is 5.74. The quantitative estimate of drug-likeness (QED) is 0.861. The van der Waals surface area contributed by atoms with Crippen molar-refractivity contribution in [1.82, 2.24) is 10.6 Å². The number of alkyl halides is 3. The fourth-order valence-electron chi connectivity index (χ4n) is 2.17. The Balaban J connectivity index is 2.19. The SMILES string of the molecule is CO[C@H]1CNCC1NC(=O)c1cc(C(F)(F)F)ccc1Br. The van der Waals surface area contributed by atoms with Crippen molar-refractivity contribution in [3.05, 3.63) is 33.8 Å². The van der Waals surface area contributed by atoms with Crippen LogP contribution in [-0.4, -0.2) is 38.3 Å². The monoisotopic (exact) mass is 366 g/mol. The lowest BCUT2D eigenvalue weighted by Gasteiger charge is -2.19. The standard InChI is InChI=1S/C13H14BrF3N2O2/c1-21-11-6-18-5-10(11)19-12(20)8-4-7(13(15,16)17)2-3-9(8)14/h2-4,10-11,18H,5-6H2,1H3,(H,19,20)/t10?,11-/m0/s1. The van der Waals surface area contributed by atoms with E-state index in [0.717, 1.165) is 12.1 Å². The van der Waals surface area contributed by atoms with E-state index >= 15 is 0 Å². The molecule has 0 aliphatic carbocycles. The van der Waals surface area contributed by atoms with Crippen LogP contribution in [0.2, 0.25) is 0 Å². The number of amides is 1. The summed E-state index contributed by atoms with van der Waals surface area (Å²) in [5.41, 5.74) is -0.907. The lowest BCUT2D eigenvalue weighted by Crippen LogP contribution is -2.43. The van der Waals surface area contributed by atoms with Crippen LogP contribution in [0.15, 0.2) is 22.7 Å². The van der Waals surface area contributed by atoms with E-state index in [4.69, 9.17) is 4.74 Å². The zero-order valence-corrected chi connectivity index (χ0v) is 12.7. The fraction of sp³-hybridized carbons (Fsp3) is 0.462. The summed E-state index contributed by atoms with van der Waals surface area (Å²) in [6, 6.07) is 2.71. The minimum absolute atomic E-state index is 0.0495. The first-order valence-corrected chi connectivity index (χ1v) is 7.03. The van der Waals surface area contributed by atoms with Gasteiger partial charge in [0, 0.05) is 24.7 Å². The lowest BCUT2D eigenvalue weighted by atomic mass is 10.1. The lowest BCUT2D eigenvalue weighted by molar-refractivity contribution is -0.137. The average molecular weight is 367 g/mol. The van der Waals surface area contributed by atoms with E-state index in [0.29, 0.717) is 17.6 Å². The van der Waals surface area contributed by atoms with Gasteiger partial charge in [0.25, 0.3) is 5.91 Å². The van der Waals surface area contributed by atoms with Crippen molar-refractivity contribution >= 4 is 21.8 Å². The third-order valence-corrected chi connectivity index (χ3v) is 4.01. The molecule has 0 spiro atoms. The molecule has 1 heterocycles. The van der Waals surface area contributed by atoms with Crippen LogP contribution in [0, 0.1) is 0 Å². The number of halogens is 4. The van der Waals surface area contributed by atoms with Crippen LogP contribution >= 0.6 is 15.9 Å². The van der Waals surface area contributed by atoms with Gasteiger partial charge in [0.15, 0.2) is 0 Å². The Kier molecular flexibility index (Phi) is 4.90. The molecule has 116 valence electrons. The van der Waals surface area contributed by atoms with Gasteiger partial charge in [-0.2, -0.15) is 13.2 Å². The highest BCUT2D eigenvalue weighted by Crippen LogP contribution is 2.31. The molecule has 0 aromatic heterocycles. The molecule has 1 saturated heterocycles. The normalized spacial score (nSPS) is 22.3. The van der Waals surface area contributed by atoms with Gasteiger partial charge in [-0.3, -0.25) is 4.79 Å². The number of hydrogen-bond acceptors (Lipinski definition) is 3. The highest BCUT2D eigenvalue weighted by Gasteiger charge is 2.33. The van der Waals surface area contributed by atoms with Gasteiger partial charge in [0.2, 0.25) is 0 Å². The second-order valence-corrected chi connectivity index (χ2v) is 5.56. The van der Waals surface area contributed by atoms with E-state index in [9.17, 15) is 18.0 Å². The summed E-state index contributed by atoms with van der Waals surface area (Å²) < 4.78 is 43.6. The van der Waals surface area contributed by atoms with E-state index in [2.05, 4.69) is 26.6 Å². The van der Waals surface area contributed by atoms with Gasteiger partial charge in [0.05, 0.1) is 23.3 Å². The fourth-order valence-corrected chi connectivity index (χ4v) is 2.59. The average Bonchev–Trinajstić information content (AvgIpc) is 2.84. The molecule has 1 aromatic rings. The number of ether oxygens (including phenoxy) is 1. The van der Waals surface area contributed by atoms with Crippen molar-refractivity contribution in [3.63, 3.8) is 0 Å². The Hall–Kier alpha value is -1.12. The van der Waals surface area contributed by atoms with Crippen molar-refractivity contribution in [2.75, 3.05) is 20.2 Å². The highest BCUT2D eigenvalue weighted by atomic mass is 79.9. The van der Waals surface area contributed by atoms with E-state index in [1.54, 1.807) is 0 Å². The molecule has 0 bridgehead atoms. The van der Waals surface area contributed by atoms with Crippen LogP contribution < -0.4 is 10.6 Å². The molecule has 21 heavy (non-hydrogen) atoms. The maximum Gasteiger partial charge on any atom is 0.416 e. The highest BCUT2D eigenvalue weighted by molar-refractivity contribution is 9.10. The molecule has 0 radical (unpaired) electrons. The molecule has 2 atom stereocenters. The van der Waals surface area contributed by atoms with Gasteiger partial charge < -0.3 is 15.4 Å². The zero-order chi connectivity index (χ0) is 15.6. The molecule has 1 aliphatic rings. The van der Waals surface area contributed by atoms with Crippen molar-refractivity contribution in [2.45, 2.75) is 18.3 Å². The summed E-state index contributed by atoms with van der Waals surface area (Å²) >= 11 is 3.10. The summed E-state index contributed by atoms with van der Waals surface area (Å²) in [6.45, 7) is 1.10. The van der Waals surface area contributed by atoms with Crippen molar-refractivity contribution < 1.29 is 22.7 Å². The molecular weight excluding hydrogens is 353 g/mol. The Labute approximate surface area is 128 Å². The summed E-state index contributed by atoms with van der Waals surface area (Å²) in [4.78, 5) is 12.2. The molecule has 2 rings (SSSR count). The molecule has 1 aromatic carbocycles. The van der Waals surface area contributed by atoms with Crippen LogP contribution in [0.25, 0.3) is 0 Å². The molecule has 1 fully saturated rings. The van der Waals surface area contributed by atoms with Gasteiger partial charge in [-0.25, -0.2) is 0 Å². The molecule has 8 heteroatoms. The minimum atomic E-state index is -4.49. The van der Waals surface area contributed by atoms with Gasteiger partial charge in [0.1, 0.15) is 0 Å². The van der Waals surface area contributed by atoms with Crippen molar-refractivity contribution in [2.24, 2.45) is 0 Å². The third-order valence-electron chi connectivity index (χ3n) is 3.32. The summed E-state index contributed by atoms with van der Waals surface area (Å²) in [7, 11) is 1.52. The molecule has 1 unspecified atom stereocenters. The molecule has 1 amide bonds. The first-order valence-electron chi connectivity index (χ1n) is 6.24. The first kappa shape index (κ1) is 16.3. The number of methoxy groups -OCH3 is 1. The second kappa shape index (κ2) is 6.33. The number of nitrogens with one attached hydrogen (secondary N) is 2. The number of rotatable bonds is 3. The van der Waals surface area contributed by atoms with E-state index < -0.39 is 17.6 Å². The smallest absolute Gasteiger partial charge is 0.378 e. The predicted molar refractivity (Wildman–Crippen MR) is 74.1 cm³/mol. The molecule has 0 saturated carbocycles. The minimum Gasteiger partial charge on any atom is -0.378 e. The van der Waals surface area contributed by atoms with E-state index in [-0.39, 0.29) is 17.7 Å². The van der Waals surface area contributed by atoms with Crippen molar-refractivity contribution in [3.8, 4) is 0 Å². The third kappa shape index (κ3) is 3.75. The Bertz CT molecular complexity index is 537. The van der Waals surface area contributed by atoms with Crippen LogP contribution in [0.3, 0.4) is 0 Å². The maximum atomic E-state index is 12.7. The molecular formula is C13H14BrF3N2O2. The van der Waals surface area contributed by atoms with Crippen LogP contribution in [-0.2, 0) is 10.9 Å². The largest absolute Gasteiger partial charge is 0.416 e. The van der Waals surface area contributed by atoms with Crippen LogP contribution in [0.1, 0.15) is 15.9 Å². The summed E-state index contributed by atoms with van der Waals surface area (Å²) in [6.07, 6.45) is -4.68. The number of carbonyl (C=O) groups is 1. The zero-order valence-electron chi connectivity index (χ0n) is 11.1. The van der Waals surface area contributed by atoms with Crippen LogP contribution in [0.5, 0.6) is 0 Å². The van der Waals surface area contributed by atoms with Gasteiger partial charge >= 0.3 is 6.18 Å². The van der Waals surface area contributed by atoms with Gasteiger partial charge in [-0.1, -0.05) is 0 Å². The second-order valence-electron chi connectivity index (χ2n) is 4.70. The Morgan fingerprint density at radius 3 is 2.76 bits per heavy atom. The molecule has 4 nitrogen and oxygen atoms in total. The van der Waals surface area contributed by atoms with E-state index in [1.807, 2.05) is 0 Å². The van der Waals surface area contributed by atoms with E-state index in [1.165, 1.54) is 13.2 Å². The Morgan fingerprint density at radius 2 is 2.14 bits per heavy atom. The van der Waals surface area contributed by atoms with Crippen LogP contribution in [0.4, 0.5) is 13.2 Å².